The van der Waals surface area contributed by atoms with Crippen LogP contribution in [-0.2, 0) is 9.59 Å². The van der Waals surface area contributed by atoms with Gasteiger partial charge in [-0.05, 0) is 56.1 Å². The van der Waals surface area contributed by atoms with E-state index in [9.17, 15) is 30.0 Å². The summed E-state index contributed by atoms with van der Waals surface area (Å²) in [5.74, 6) is -2.26. The van der Waals surface area contributed by atoms with Crippen molar-refractivity contribution in [1.29, 1.82) is 0 Å². The van der Waals surface area contributed by atoms with Crippen LogP contribution in [0.15, 0.2) is 70.6 Å². The maximum Gasteiger partial charge on any atom is 0.328 e. The Morgan fingerprint density at radius 3 is 1.76 bits per heavy atom. The molecule has 4 aromatic rings. The quantitative estimate of drug-likeness (QED) is 0.179. The van der Waals surface area contributed by atoms with Gasteiger partial charge in [0, 0.05) is 29.1 Å². The number of benzene rings is 4. The molecular weight excluding hydrogens is 532 g/mol. The fourth-order valence-electron chi connectivity index (χ4n) is 5.01. The SMILES string of the molecule is CC(C)(C)[C@H](N=Cc1cc2cccc(-c3c(O)c(C=N[C@H](C(=O)O)C(C)(C)C)cc4ccccc34)c2cc1O)C(=O)O. The highest BCUT2D eigenvalue weighted by Crippen LogP contribution is 2.43. The van der Waals surface area contributed by atoms with E-state index >= 15 is 0 Å². The van der Waals surface area contributed by atoms with Crippen LogP contribution in [0.5, 0.6) is 11.5 Å². The molecule has 0 amide bonds. The lowest BCUT2D eigenvalue weighted by Gasteiger charge is -2.23. The zero-order valence-electron chi connectivity index (χ0n) is 24.6. The Labute approximate surface area is 244 Å². The van der Waals surface area contributed by atoms with Crippen molar-refractivity contribution in [2.45, 2.75) is 53.6 Å². The molecule has 0 heterocycles. The number of phenolic OH excluding ortho intramolecular Hbond substituents is 2. The molecule has 42 heavy (non-hydrogen) atoms. The Hall–Kier alpha value is -4.72. The third-order valence-corrected chi connectivity index (χ3v) is 7.18. The van der Waals surface area contributed by atoms with Gasteiger partial charge in [0.15, 0.2) is 12.1 Å². The summed E-state index contributed by atoms with van der Waals surface area (Å²) in [6.07, 6.45) is 2.78. The van der Waals surface area contributed by atoms with Gasteiger partial charge in [-0.2, -0.15) is 0 Å². The summed E-state index contributed by atoms with van der Waals surface area (Å²) >= 11 is 0. The van der Waals surface area contributed by atoms with Crippen LogP contribution in [-0.4, -0.2) is 56.9 Å². The molecule has 4 rings (SSSR count). The molecule has 4 N–H and O–H groups in total. The standard InChI is InChI=1S/C34H36N2O6/c1-33(2,3)29(31(39)40)35-17-21-14-20-11-9-13-24(25(20)16-26(21)37)27-23-12-8-7-10-19(23)15-22(28(27)38)18-36-30(32(41)42)34(4,5)6/h7-18,29-30,37-38H,1-6H3,(H,39,40)(H,41,42)/t29-,30-/m1/s1. The number of hydrogen-bond donors (Lipinski definition) is 4. The van der Waals surface area contributed by atoms with Crippen LogP contribution in [0.2, 0.25) is 0 Å². The van der Waals surface area contributed by atoms with Gasteiger partial charge in [-0.1, -0.05) is 84.0 Å². The van der Waals surface area contributed by atoms with E-state index in [4.69, 9.17) is 0 Å². The van der Waals surface area contributed by atoms with Gasteiger partial charge in [0.25, 0.3) is 0 Å². The first-order chi connectivity index (χ1) is 19.6. The number of carboxylic acids is 2. The van der Waals surface area contributed by atoms with Crippen LogP contribution in [0, 0.1) is 10.8 Å². The number of aromatic hydroxyl groups is 2. The fourth-order valence-corrected chi connectivity index (χ4v) is 5.01. The summed E-state index contributed by atoms with van der Waals surface area (Å²) in [5, 5.41) is 44.9. The summed E-state index contributed by atoms with van der Waals surface area (Å²) in [6, 6.07) is 16.1. The van der Waals surface area contributed by atoms with Gasteiger partial charge < -0.3 is 20.4 Å². The van der Waals surface area contributed by atoms with Crippen LogP contribution in [0.1, 0.15) is 52.7 Å². The smallest absolute Gasteiger partial charge is 0.328 e. The lowest BCUT2D eigenvalue weighted by atomic mass is 9.87. The summed E-state index contributed by atoms with van der Waals surface area (Å²) < 4.78 is 0. The van der Waals surface area contributed by atoms with E-state index in [2.05, 4.69) is 9.98 Å². The third-order valence-electron chi connectivity index (χ3n) is 7.18. The van der Waals surface area contributed by atoms with Gasteiger partial charge in [-0.3, -0.25) is 9.98 Å². The molecule has 0 aromatic heterocycles. The van der Waals surface area contributed by atoms with Gasteiger partial charge >= 0.3 is 11.9 Å². The van der Waals surface area contributed by atoms with Crippen molar-refractivity contribution >= 4 is 45.9 Å². The van der Waals surface area contributed by atoms with Crippen molar-refractivity contribution < 1.29 is 30.0 Å². The Morgan fingerprint density at radius 1 is 0.690 bits per heavy atom. The Balaban J connectivity index is 1.91. The van der Waals surface area contributed by atoms with Crippen molar-refractivity contribution in [3.63, 3.8) is 0 Å². The number of aliphatic imine (C=N–C) groups is 2. The molecule has 0 aliphatic carbocycles. The predicted molar refractivity (Wildman–Crippen MR) is 167 cm³/mol. The highest BCUT2D eigenvalue weighted by atomic mass is 16.4. The monoisotopic (exact) mass is 568 g/mol. The molecule has 0 aliphatic heterocycles. The second-order valence-electron chi connectivity index (χ2n) is 12.6. The molecule has 218 valence electrons. The van der Waals surface area contributed by atoms with E-state index in [0.717, 1.165) is 16.2 Å². The van der Waals surface area contributed by atoms with E-state index in [0.29, 0.717) is 27.6 Å². The number of rotatable bonds is 7. The molecule has 8 heteroatoms. The molecular formula is C34H36N2O6. The minimum Gasteiger partial charge on any atom is -0.507 e. The average molecular weight is 569 g/mol. The Morgan fingerprint density at radius 2 is 1.19 bits per heavy atom. The van der Waals surface area contributed by atoms with Crippen molar-refractivity contribution in [2.24, 2.45) is 20.8 Å². The van der Waals surface area contributed by atoms with Crippen molar-refractivity contribution in [2.75, 3.05) is 0 Å². The Bertz CT molecular complexity index is 1740. The first-order valence-corrected chi connectivity index (χ1v) is 13.6. The topological polar surface area (TPSA) is 140 Å². The summed E-state index contributed by atoms with van der Waals surface area (Å²) in [6.45, 7) is 10.7. The van der Waals surface area contributed by atoms with Gasteiger partial charge in [0.1, 0.15) is 11.5 Å². The minimum absolute atomic E-state index is 0.0670. The zero-order valence-corrected chi connectivity index (χ0v) is 24.6. The lowest BCUT2D eigenvalue weighted by molar-refractivity contribution is -0.141. The van der Waals surface area contributed by atoms with E-state index in [1.807, 2.05) is 42.5 Å². The Kier molecular flexibility index (Phi) is 8.12. The summed E-state index contributed by atoms with van der Waals surface area (Å²) in [4.78, 5) is 32.2. The summed E-state index contributed by atoms with van der Waals surface area (Å²) in [5.41, 5.74) is 0.648. The summed E-state index contributed by atoms with van der Waals surface area (Å²) in [7, 11) is 0. The second kappa shape index (κ2) is 11.3. The highest BCUT2D eigenvalue weighted by Gasteiger charge is 2.31. The van der Waals surface area contributed by atoms with E-state index in [1.54, 1.807) is 59.7 Å². The van der Waals surface area contributed by atoms with Crippen LogP contribution < -0.4 is 0 Å². The molecule has 2 atom stereocenters. The molecule has 8 nitrogen and oxygen atoms in total. The van der Waals surface area contributed by atoms with Crippen molar-refractivity contribution in [3.8, 4) is 22.6 Å². The lowest BCUT2D eigenvalue weighted by Crippen LogP contribution is -2.32. The maximum absolute atomic E-state index is 11.9. The number of nitrogens with zero attached hydrogens (tertiary/aromatic N) is 2. The molecule has 0 saturated heterocycles. The normalized spacial score (nSPS) is 14.1. The fraction of sp³-hybridized carbons (Fsp3) is 0.294. The molecule has 0 aliphatic rings. The van der Waals surface area contributed by atoms with Crippen LogP contribution in [0.4, 0.5) is 0 Å². The van der Waals surface area contributed by atoms with Crippen molar-refractivity contribution in [3.05, 3.63) is 71.8 Å². The average Bonchev–Trinajstić information content (AvgIpc) is 2.87. The zero-order chi connectivity index (χ0) is 31.0. The number of fused-ring (bicyclic) bond motifs is 2. The van der Waals surface area contributed by atoms with E-state index in [-0.39, 0.29) is 11.5 Å². The van der Waals surface area contributed by atoms with Gasteiger partial charge in [0.05, 0.1) is 0 Å². The molecule has 0 unspecified atom stereocenters. The minimum atomic E-state index is -1.06. The van der Waals surface area contributed by atoms with E-state index in [1.165, 1.54) is 12.4 Å². The van der Waals surface area contributed by atoms with Crippen molar-refractivity contribution in [1.82, 2.24) is 0 Å². The number of phenols is 2. The number of aliphatic carboxylic acids is 2. The third kappa shape index (κ3) is 6.12. The van der Waals surface area contributed by atoms with Crippen LogP contribution in [0.25, 0.3) is 32.7 Å². The molecule has 0 bridgehead atoms. The maximum atomic E-state index is 11.9. The molecule has 0 saturated carbocycles. The number of carbonyl (C=O) groups is 2. The molecule has 4 aromatic carbocycles. The van der Waals surface area contributed by atoms with Gasteiger partial charge in [0.2, 0.25) is 0 Å². The van der Waals surface area contributed by atoms with Crippen LogP contribution in [0.3, 0.4) is 0 Å². The first kappa shape index (κ1) is 30.2. The second-order valence-corrected chi connectivity index (χ2v) is 12.6. The first-order valence-electron chi connectivity index (χ1n) is 13.6. The number of hydrogen-bond acceptors (Lipinski definition) is 6. The van der Waals surface area contributed by atoms with Gasteiger partial charge in [-0.15, -0.1) is 0 Å². The highest BCUT2D eigenvalue weighted by molar-refractivity contribution is 6.11. The largest absolute Gasteiger partial charge is 0.507 e. The molecule has 0 fully saturated rings. The molecule has 0 spiro atoms. The predicted octanol–water partition coefficient (Wildman–Crippen LogP) is 6.91. The number of carboxylic acid groups (broad SMARTS) is 2. The van der Waals surface area contributed by atoms with Crippen LogP contribution >= 0.6 is 0 Å². The van der Waals surface area contributed by atoms with Gasteiger partial charge in [-0.25, -0.2) is 9.59 Å². The van der Waals surface area contributed by atoms with E-state index < -0.39 is 34.9 Å². The molecule has 0 radical (unpaired) electrons.